The second-order valence-corrected chi connectivity index (χ2v) is 11.8. The normalized spacial score (nSPS) is 16.9. The number of benzene rings is 3. The summed E-state index contributed by atoms with van der Waals surface area (Å²) < 4.78 is 5.83. The number of phenolic OH excluding ortho intramolecular Hbond substituents is 2. The van der Waals surface area contributed by atoms with Crippen LogP contribution in [0.2, 0.25) is 5.02 Å². The highest BCUT2D eigenvalue weighted by Gasteiger charge is 2.36. The van der Waals surface area contributed by atoms with Gasteiger partial charge < -0.3 is 14.9 Å². The topological polar surface area (TPSA) is 107 Å². The number of halogens is 1. The molecule has 2 atom stereocenters. The van der Waals surface area contributed by atoms with E-state index in [0.717, 1.165) is 29.3 Å². The number of ketones is 2. The third kappa shape index (κ3) is 6.94. The fourth-order valence-corrected chi connectivity index (χ4v) is 5.88. The molecule has 5 rings (SSSR count). The quantitative estimate of drug-likeness (QED) is 0.179. The van der Waals surface area contributed by atoms with E-state index in [-0.39, 0.29) is 35.7 Å². The molecule has 0 bridgehead atoms. The first-order chi connectivity index (χ1) is 21.1. The number of rotatable bonds is 9. The van der Waals surface area contributed by atoms with Crippen LogP contribution in [-0.4, -0.2) is 76.4 Å². The Morgan fingerprint density at radius 3 is 2.14 bits per heavy atom. The molecule has 2 aliphatic rings. The number of Topliss-reactive ketones (excluding diaryl/α,β-unsaturated/α-hetero) is 1. The van der Waals surface area contributed by atoms with Crippen molar-refractivity contribution < 1.29 is 29.3 Å². The van der Waals surface area contributed by atoms with E-state index in [1.54, 1.807) is 0 Å². The number of allylic oxidation sites excluding steroid dienone is 2. The fraction of sp³-hybridized carbons (Fsp3) is 0.286. The van der Waals surface area contributed by atoms with E-state index in [2.05, 4.69) is 17.0 Å². The molecular weight excluding hydrogens is 580 g/mol. The van der Waals surface area contributed by atoms with Gasteiger partial charge >= 0.3 is 5.97 Å². The van der Waals surface area contributed by atoms with Crippen molar-refractivity contribution in [1.29, 1.82) is 0 Å². The van der Waals surface area contributed by atoms with Crippen LogP contribution >= 0.6 is 11.6 Å². The Bertz CT molecular complexity index is 1600. The molecule has 44 heavy (non-hydrogen) atoms. The zero-order valence-electron chi connectivity index (χ0n) is 24.7. The Hall–Kier alpha value is -4.24. The van der Waals surface area contributed by atoms with Gasteiger partial charge in [-0.15, -0.1) is 0 Å². The van der Waals surface area contributed by atoms with Crippen LogP contribution in [0.4, 0.5) is 0 Å². The first kappa shape index (κ1) is 31.2. The second-order valence-electron chi connectivity index (χ2n) is 11.3. The molecule has 1 fully saturated rings. The number of carbonyl (C=O) groups excluding carboxylic acids is 3. The van der Waals surface area contributed by atoms with Crippen LogP contribution in [0.5, 0.6) is 11.5 Å². The molecule has 3 aromatic carbocycles. The molecule has 0 aromatic heterocycles. The predicted molar refractivity (Wildman–Crippen MR) is 168 cm³/mol. The predicted octanol–water partition coefficient (Wildman–Crippen LogP) is 5.73. The van der Waals surface area contributed by atoms with Gasteiger partial charge in [0.1, 0.15) is 17.6 Å². The third-order valence-corrected chi connectivity index (χ3v) is 8.22. The number of carbonyl (C=O) groups is 3. The highest BCUT2D eigenvalue weighted by atomic mass is 35.5. The van der Waals surface area contributed by atoms with Gasteiger partial charge in [0.15, 0.2) is 11.6 Å². The lowest BCUT2D eigenvalue weighted by atomic mass is 9.85. The van der Waals surface area contributed by atoms with Crippen LogP contribution < -0.4 is 0 Å². The van der Waals surface area contributed by atoms with Gasteiger partial charge in [0.25, 0.3) is 0 Å². The molecular formula is C35H35ClN2O6. The minimum atomic E-state index is -1.03. The Morgan fingerprint density at radius 1 is 0.886 bits per heavy atom. The molecule has 228 valence electrons. The molecule has 0 amide bonds. The molecule has 1 aliphatic carbocycles. The maximum Gasteiger partial charge on any atom is 0.320 e. The molecule has 1 saturated heterocycles. The van der Waals surface area contributed by atoms with E-state index in [9.17, 15) is 24.6 Å². The van der Waals surface area contributed by atoms with E-state index in [1.165, 1.54) is 5.56 Å². The summed E-state index contributed by atoms with van der Waals surface area (Å²) in [5, 5.41) is 21.2. The number of hydrogen-bond acceptors (Lipinski definition) is 8. The number of piperazine rings is 1. The summed E-state index contributed by atoms with van der Waals surface area (Å²) >= 11 is 6.16. The highest BCUT2D eigenvalue weighted by Crippen LogP contribution is 2.36. The largest absolute Gasteiger partial charge is 0.507 e. The molecule has 3 aromatic rings. The maximum absolute atomic E-state index is 13.4. The molecule has 2 unspecified atom stereocenters. The number of hydrogen-bond donors (Lipinski definition) is 2. The minimum absolute atomic E-state index is 0.0220. The summed E-state index contributed by atoms with van der Waals surface area (Å²) in [5.74, 6) is -2.62. The van der Waals surface area contributed by atoms with Crippen molar-refractivity contribution in [3.8, 4) is 11.5 Å². The summed E-state index contributed by atoms with van der Waals surface area (Å²) in [6.07, 6.45) is 2.08. The Kier molecular flexibility index (Phi) is 9.64. The number of fused-ring (bicyclic) bond motifs is 1. The average molecular weight is 615 g/mol. The maximum atomic E-state index is 13.4. The van der Waals surface area contributed by atoms with Gasteiger partial charge in [-0.25, -0.2) is 0 Å². The van der Waals surface area contributed by atoms with Gasteiger partial charge in [0, 0.05) is 43.2 Å². The van der Waals surface area contributed by atoms with Gasteiger partial charge in [-0.3, -0.25) is 24.2 Å². The van der Waals surface area contributed by atoms with Gasteiger partial charge in [0.05, 0.1) is 23.7 Å². The molecule has 1 heterocycles. The van der Waals surface area contributed by atoms with Crippen molar-refractivity contribution in [3.05, 3.63) is 117 Å². The molecule has 0 spiro atoms. The lowest BCUT2D eigenvalue weighted by Gasteiger charge is -2.39. The number of ether oxygens (including phenoxy) is 1. The highest BCUT2D eigenvalue weighted by molar-refractivity contribution is 6.30. The zero-order valence-corrected chi connectivity index (χ0v) is 25.5. The van der Waals surface area contributed by atoms with E-state index >= 15 is 0 Å². The SMILES string of the molecule is CC(C)=CCC(OC(=O)CN1CCN(C(c2ccccc2)c2ccc(Cl)cc2)CC1)C1=CC(=O)c2c(O)ccc(O)c2C1=O. The summed E-state index contributed by atoms with van der Waals surface area (Å²) in [4.78, 5) is 43.9. The first-order valence-electron chi connectivity index (χ1n) is 14.6. The van der Waals surface area contributed by atoms with Crippen molar-refractivity contribution in [2.24, 2.45) is 0 Å². The number of aromatic hydroxyl groups is 2. The fourth-order valence-electron chi connectivity index (χ4n) is 5.76. The smallest absolute Gasteiger partial charge is 0.320 e. The molecule has 2 N–H and O–H groups in total. The van der Waals surface area contributed by atoms with Crippen LogP contribution in [0.3, 0.4) is 0 Å². The average Bonchev–Trinajstić information content (AvgIpc) is 3.00. The van der Waals surface area contributed by atoms with Gasteiger partial charge in [-0.2, -0.15) is 0 Å². The zero-order chi connectivity index (χ0) is 31.4. The van der Waals surface area contributed by atoms with Crippen LogP contribution in [-0.2, 0) is 9.53 Å². The number of phenols is 2. The van der Waals surface area contributed by atoms with Crippen molar-refractivity contribution >= 4 is 29.1 Å². The van der Waals surface area contributed by atoms with E-state index in [1.807, 2.05) is 67.3 Å². The van der Waals surface area contributed by atoms with Crippen molar-refractivity contribution in [2.45, 2.75) is 32.4 Å². The van der Waals surface area contributed by atoms with Gasteiger partial charge in [-0.05, 0) is 55.3 Å². The standard InChI is InChI=1S/C35H35ClN2O6/c1-22(2)8-15-30(26-20-29(41)32-27(39)13-14-28(40)33(32)35(26)43)44-31(42)21-37-16-18-38(19-17-37)34(23-6-4-3-5-7-23)24-9-11-25(36)12-10-24/h3-14,20,30,34,39-40H,15-19,21H2,1-2H3. The molecule has 8 nitrogen and oxygen atoms in total. The monoisotopic (exact) mass is 614 g/mol. The molecule has 0 saturated carbocycles. The summed E-state index contributed by atoms with van der Waals surface area (Å²) in [6.45, 7) is 6.48. The number of esters is 1. The lowest BCUT2D eigenvalue weighted by Crippen LogP contribution is -2.49. The van der Waals surface area contributed by atoms with E-state index in [0.29, 0.717) is 31.2 Å². The Labute approximate surface area is 261 Å². The summed E-state index contributed by atoms with van der Waals surface area (Å²) in [5.41, 5.74) is 2.69. The third-order valence-electron chi connectivity index (χ3n) is 7.97. The van der Waals surface area contributed by atoms with Crippen LogP contribution in [0, 0.1) is 0 Å². The van der Waals surface area contributed by atoms with Crippen LogP contribution in [0.15, 0.2) is 90.0 Å². The second kappa shape index (κ2) is 13.6. The molecule has 1 aliphatic heterocycles. The lowest BCUT2D eigenvalue weighted by molar-refractivity contribution is -0.148. The molecule has 0 radical (unpaired) electrons. The van der Waals surface area contributed by atoms with Gasteiger partial charge in [-0.1, -0.05) is 65.7 Å². The van der Waals surface area contributed by atoms with Crippen LogP contribution in [0.1, 0.15) is 58.2 Å². The van der Waals surface area contributed by atoms with Crippen LogP contribution in [0.25, 0.3) is 0 Å². The minimum Gasteiger partial charge on any atom is -0.507 e. The van der Waals surface area contributed by atoms with Crippen molar-refractivity contribution in [2.75, 3.05) is 32.7 Å². The first-order valence-corrected chi connectivity index (χ1v) is 15.0. The van der Waals surface area contributed by atoms with Crippen molar-refractivity contribution in [1.82, 2.24) is 9.80 Å². The van der Waals surface area contributed by atoms with Crippen molar-refractivity contribution in [3.63, 3.8) is 0 Å². The van der Waals surface area contributed by atoms with E-state index in [4.69, 9.17) is 16.3 Å². The Morgan fingerprint density at radius 2 is 1.50 bits per heavy atom. The van der Waals surface area contributed by atoms with E-state index < -0.39 is 35.1 Å². The molecule has 9 heteroatoms. The Balaban J connectivity index is 1.28. The van der Waals surface area contributed by atoms with Gasteiger partial charge in [0.2, 0.25) is 0 Å². The summed E-state index contributed by atoms with van der Waals surface area (Å²) in [6, 6.07) is 20.5. The number of nitrogens with zero attached hydrogens (tertiary/aromatic N) is 2. The summed E-state index contributed by atoms with van der Waals surface area (Å²) in [7, 11) is 0.